The summed E-state index contributed by atoms with van der Waals surface area (Å²) in [6, 6.07) is 19.6. The van der Waals surface area contributed by atoms with Gasteiger partial charge in [0.1, 0.15) is 5.75 Å². The van der Waals surface area contributed by atoms with Crippen LogP contribution in [-0.2, 0) is 22.4 Å². The number of ether oxygens (including phenoxy) is 2. The Morgan fingerprint density at radius 3 is 2.05 bits per heavy atom. The summed E-state index contributed by atoms with van der Waals surface area (Å²) in [7, 11) is -0.152. The lowest BCUT2D eigenvalue weighted by atomic mass is 9.75. The van der Waals surface area contributed by atoms with Gasteiger partial charge in [0.2, 0.25) is 0 Å². The average Bonchev–Trinajstić information content (AvgIpc) is 3.29. The molecule has 0 aliphatic carbocycles. The van der Waals surface area contributed by atoms with E-state index >= 15 is 0 Å². The van der Waals surface area contributed by atoms with E-state index in [9.17, 15) is 0 Å². The van der Waals surface area contributed by atoms with Crippen molar-refractivity contribution in [1.29, 1.82) is 0 Å². The highest BCUT2D eigenvalue weighted by molar-refractivity contribution is 7.12. The first-order valence-electron chi connectivity index (χ1n) is 13.7. The maximum Gasteiger partial charge on any atom is 0.192 e. The van der Waals surface area contributed by atoms with Gasteiger partial charge in [-0.1, -0.05) is 71.9 Å². The van der Waals surface area contributed by atoms with Crippen LogP contribution < -0.4 is 4.74 Å². The molecule has 0 spiro atoms. The van der Waals surface area contributed by atoms with Gasteiger partial charge in [0.25, 0.3) is 0 Å². The molecule has 0 aliphatic rings. The average molecular weight is 553 g/mol. The van der Waals surface area contributed by atoms with Crippen molar-refractivity contribution in [3.63, 3.8) is 0 Å². The number of hydrogen-bond acceptors (Lipinski definition) is 4. The van der Waals surface area contributed by atoms with Gasteiger partial charge < -0.3 is 13.9 Å². The fourth-order valence-corrected chi connectivity index (χ4v) is 7.35. The lowest BCUT2D eigenvalue weighted by Gasteiger charge is -2.38. The molecule has 2 aromatic carbocycles. The highest BCUT2D eigenvalue weighted by atomic mass is 32.1. The van der Waals surface area contributed by atoms with Gasteiger partial charge in [-0.15, -0.1) is 11.3 Å². The second kappa shape index (κ2) is 12.1. The molecule has 0 amide bonds. The number of methoxy groups -OCH3 is 1. The molecule has 1 aromatic heterocycles. The zero-order valence-corrected chi connectivity index (χ0v) is 27.2. The lowest BCUT2D eigenvalue weighted by molar-refractivity contribution is 0.106. The maximum absolute atomic E-state index is 6.73. The van der Waals surface area contributed by atoms with E-state index in [1.807, 2.05) is 23.5 Å². The standard InChI is InChI=1S/C33H48O3SSi/c1-23-12-15-26(20-27(23)22-35-21-25-13-16-28(34-9)17-14-25)31(32(3,4)5)30-19-18-29(37-30)24(2)36-38(10,11)33(6,7)8/h12-20,24,31H,21-22H2,1-11H3. The van der Waals surface area contributed by atoms with Crippen LogP contribution in [-0.4, -0.2) is 15.4 Å². The molecule has 0 bridgehead atoms. The van der Waals surface area contributed by atoms with E-state index in [1.54, 1.807) is 7.11 Å². The first kappa shape index (κ1) is 30.6. The van der Waals surface area contributed by atoms with E-state index < -0.39 is 8.32 Å². The van der Waals surface area contributed by atoms with Gasteiger partial charge in [0, 0.05) is 15.7 Å². The van der Waals surface area contributed by atoms with Gasteiger partial charge in [0.15, 0.2) is 8.32 Å². The van der Waals surface area contributed by atoms with E-state index in [1.165, 1.54) is 26.4 Å². The third kappa shape index (κ3) is 7.59. The van der Waals surface area contributed by atoms with Crippen LogP contribution in [0.1, 0.15) is 92.5 Å². The Kier molecular flexibility index (Phi) is 9.73. The van der Waals surface area contributed by atoms with E-state index in [4.69, 9.17) is 13.9 Å². The van der Waals surface area contributed by atoms with Crippen LogP contribution >= 0.6 is 11.3 Å². The smallest absolute Gasteiger partial charge is 0.192 e. The maximum atomic E-state index is 6.73. The number of aryl methyl sites for hydroxylation is 1. The van der Waals surface area contributed by atoms with Crippen LogP contribution in [0, 0.1) is 12.3 Å². The van der Waals surface area contributed by atoms with Crippen LogP contribution in [0.15, 0.2) is 54.6 Å². The zero-order chi connectivity index (χ0) is 28.3. The number of rotatable bonds is 10. The van der Waals surface area contributed by atoms with Crippen molar-refractivity contribution in [1.82, 2.24) is 0 Å². The predicted octanol–water partition coefficient (Wildman–Crippen LogP) is 10.0. The molecular formula is C33H48O3SSi. The Morgan fingerprint density at radius 2 is 1.47 bits per heavy atom. The summed E-state index contributed by atoms with van der Waals surface area (Å²) in [5.74, 6) is 1.16. The summed E-state index contributed by atoms with van der Waals surface area (Å²) in [6.07, 6.45) is 0.107. The first-order chi connectivity index (χ1) is 17.6. The number of hydrogen-bond donors (Lipinski definition) is 0. The Hall–Kier alpha value is -1.92. The number of thiophene rings is 1. The molecule has 2 atom stereocenters. The topological polar surface area (TPSA) is 27.7 Å². The molecule has 0 radical (unpaired) electrons. The Balaban J connectivity index is 1.80. The summed E-state index contributed by atoms with van der Waals surface area (Å²) < 4.78 is 18.1. The molecule has 38 heavy (non-hydrogen) atoms. The van der Waals surface area contributed by atoms with Crippen LogP contribution in [0.4, 0.5) is 0 Å². The van der Waals surface area contributed by atoms with Gasteiger partial charge in [-0.2, -0.15) is 0 Å². The second-order valence-corrected chi connectivity index (χ2v) is 19.0. The van der Waals surface area contributed by atoms with Crippen LogP contribution in [0.25, 0.3) is 0 Å². The highest BCUT2D eigenvalue weighted by Gasteiger charge is 2.39. The third-order valence-electron chi connectivity index (χ3n) is 7.87. The summed E-state index contributed by atoms with van der Waals surface area (Å²) in [5, 5.41) is 0.197. The minimum Gasteiger partial charge on any atom is -0.497 e. The molecule has 208 valence electrons. The van der Waals surface area contributed by atoms with Crippen molar-refractivity contribution in [2.75, 3.05) is 7.11 Å². The Bertz CT molecular complexity index is 1180. The van der Waals surface area contributed by atoms with Crippen molar-refractivity contribution in [3.8, 4) is 5.75 Å². The fraction of sp³-hybridized carbons (Fsp3) is 0.515. The molecular weight excluding hydrogens is 505 g/mol. The van der Waals surface area contributed by atoms with Crippen LogP contribution in [0.5, 0.6) is 5.75 Å². The molecule has 0 saturated heterocycles. The summed E-state index contributed by atoms with van der Waals surface area (Å²) in [6.45, 7) is 24.2. The van der Waals surface area contributed by atoms with Crippen molar-refractivity contribution in [2.45, 2.75) is 98.8 Å². The zero-order valence-electron chi connectivity index (χ0n) is 25.4. The Labute approximate surface area is 236 Å². The molecule has 0 fully saturated rings. The van der Waals surface area contributed by atoms with Gasteiger partial charge in [-0.3, -0.25) is 0 Å². The van der Waals surface area contributed by atoms with Crippen molar-refractivity contribution >= 4 is 19.7 Å². The van der Waals surface area contributed by atoms with Crippen molar-refractivity contribution < 1.29 is 13.9 Å². The fourth-order valence-electron chi connectivity index (χ4n) is 4.54. The van der Waals surface area contributed by atoms with E-state index in [-0.39, 0.29) is 16.6 Å². The lowest BCUT2D eigenvalue weighted by Crippen LogP contribution is -2.41. The molecule has 2 unspecified atom stereocenters. The normalized spacial score (nSPS) is 14.4. The SMILES string of the molecule is COc1ccc(COCc2cc(C(c3ccc(C(C)O[Si](C)(C)C(C)(C)C)s3)C(C)(C)C)ccc2C)cc1. The van der Waals surface area contributed by atoms with Gasteiger partial charge in [-0.05, 0) is 83.9 Å². The van der Waals surface area contributed by atoms with Gasteiger partial charge in [-0.25, -0.2) is 0 Å². The third-order valence-corrected chi connectivity index (χ3v) is 13.7. The molecule has 0 aliphatic heterocycles. The monoisotopic (exact) mass is 552 g/mol. The molecule has 3 rings (SSSR count). The van der Waals surface area contributed by atoms with Crippen molar-refractivity contribution in [2.24, 2.45) is 5.41 Å². The van der Waals surface area contributed by atoms with Crippen LogP contribution in [0.3, 0.4) is 0 Å². The molecule has 0 N–H and O–H groups in total. The summed E-state index contributed by atoms with van der Waals surface area (Å²) in [5.41, 5.74) is 5.07. The molecule has 5 heteroatoms. The largest absolute Gasteiger partial charge is 0.497 e. The first-order valence-corrected chi connectivity index (χ1v) is 17.4. The van der Waals surface area contributed by atoms with Crippen LogP contribution in [0.2, 0.25) is 18.1 Å². The minimum absolute atomic E-state index is 0.0716. The van der Waals surface area contributed by atoms with E-state index in [0.717, 1.165) is 11.3 Å². The second-order valence-electron chi connectivity index (χ2n) is 13.1. The van der Waals surface area contributed by atoms with Gasteiger partial charge >= 0.3 is 0 Å². The minimum atomic E-state index is -1.84. The van der Waals surface area contributed by atoms with Crippen molar-refractivity contribution in [3.05, 3.63) is 86.6 Å². The molecule has 3 nitrogen and oxygen atoms in total. The predicted molar refractivity (Wildman–Crippen MR) is 165 cm³/mol. The summed E-state index contributed by atoms with van der Waals surface area (Å²) >= 11 is 1.91. The van der Waals surface area contributed by atoms with Gasteiger partial charge in [0.05, 0.1) is 26.4 Å². The quantitative estimate of drug-likeness (QED) is 0.234. The molecule has 1 heterocycles. The highest BCUT2D eigenvalue weighted by Crippen LogP contribution is 2.46. The molecule has 3 aromatic rings. The number of benzene rings is 2. The van der Waals surface area contributed by atoms with E-state index in [2.05, 4.69) is 111 Å². The Morgan fingerprint density at radius 1 is 0.842 bits per heavy atom. The molecule has 0 saturated carbocycles. The van der Waals surface area contributed by atoms with E-state index in [0.29, 0.717) is 19.1 Å². The summed E-state index contributed by atoms with van der Waals surface area (Å²) in [4.78, 5) is 2.71.